The fraction of sp³-hybridized carbons (Fsp3) is 0.500. The van der Waals surface area contributed by atoms with Crippen LogP contribution in [0.1, 0.15) is 18.6 Å². The molecule has 2 atom stereocenters. The van der Waals surface area contributed by atoms with E-state index in [9.17, 15) is 0 Å². The summed E-state index contributed by atoms with van der Waals surface area (Å²) in [7, 11) is 1.68. The van der Waals surface area contributed by atoms with Crippen LogP contribution in [0.15, 0.2) is 24.3 Å². The molecule has 0 aromatic heterocycles. The Kier molecular flexibility index (Phi) is 3.23. The molecule has 1 N–H and O–H groups in total. The fourth-order valence-corrected chi connectivity index (χ4v) is 1.74. The van der Waals surface area contributed by atoms with Crippen molar-refractivity contribution in [2.45, 2.75) is 19.1 Å². The molecule has 1 fully saturated rings. The van der Waals surface area contributed by atoms with Crippen LogP contribution in [0, 0.1) is 0 Å². The number of methoxy groups -OCH3 is 1. The van der Waals surface area contributed by atoms with Crippen LogP contribution in [0.3, 0.4) is 0 Å². The largest absolute Gasteiger partial charge is 0.497 e. The molecule has 1 saturated heterocycles. The van der Waals surface area contributed by atoms with Crippen molar-refractivity contribution in [1.82, 2.24) is 5.32 Å². The third kappa shape index (κ3) is 2.49. The summed E-state index contributed by atoms with van der Waals surface area (Å²) in [5.41, 5.74) is 1.17. The van der Waals surface area contributed by atoms with Crippen LogP contribution >= 0.6 is 0 Å². The van der Waals surface area contributed by atoms with Crippen molar-refractivity contribution in [3.05, 3.63) is 29.8 Å². The lowest BCUT2D eigenvalue weighted by Gasteiger charge is -2.28. The Hall–Kier alpha value is -1.06. The highest BCUT2D eigenvalue weighted by Gasteiger charge is 2.19. The van der Waals surface area contributed by atoms with E-state index < -0.39 is 0 Å². The van der Waals surface area contributed by atoms with Crippen LogP contribution in [-0.4, -0.2) is 26.3 Å². The van der Waals surface area contributed by atoms with E-state index in [4.69, 9.17) is 9.47 Å². The van der Waals surface area contributed by atoms with Gasteiger partial charge < -0.3 is 14.8 Å². The van der Waals surface area contributed by atoms with E-state index in [0.29, 0.717) is 6.04 Å². The molecule has 0 spiro atoms. The van der Waals surface area contributed by atoms with Gasteiger partial charge in [0.15, 0.2) is 0 Å². The Morgan fingerprint density at radius 1 is 1.47 bits per heavy atom. The topological polar surface area (TPSA) is 30.5 Å². The van der Waals surface area contributed by atoms with Gasteiger partial charge in [-0.25, -0.2) is 0 Å². The molecule has 0 unspecified atom stereocenters. The highest BCUT2D eigenvalue weighted by molar-refractivity contribution is 5.30. The van der Waals surface area contributed by atoms with Gasteiger partial charge in [-0.3, -0.25) is 0 Å². The highest BCUT2D eigenvalue weighted by Crippen LogP contribution is 2.23. The summed E-state index contributed by atoms with van der Waals surface area (Å²) < 4.78 is 10.9. The zero-order valence-electron chi connectivity index (χ0n) is 9.19. The number of nitrogens with one attached hydrogen (secondary N) is 1. The lowest BCUT2D eigenvalue weighted by molar-refractivity contribution is 0.00686. The number of hydrogen-bond donors (Lipinski definition) is 1. The summed E-state index contributed by atoms with van der Waals surface area (Å²) in [6.07, 6.45) is 0.149. The molecule has 15 heavy (non-hydrogen) atoms. The standard InChI is InChI=1S/C12H17NO2/c1-9-8-15-12(7-13-9)10-4-3-5-11(6-10)14-2/h3-6,9,12-13H,7-8H2,1-2H3/t9-,12-/m1/s1. The highest BCUT2D eigenvalue weighted by atomic mass is 16.5. The molecule has 3 heteroatoms. The van der Waals surface area contributed by atoms with E-state index in [1.807, 2.05) is 18.2 Å². The molecular weight excluding hydrogens is 190 g/mol. The van der Waals surface area contributed by atoms with E-state index in [1.54, 1.807) is 7.11 Å². The molecule has 1 aromatic rings. The van der Waals surface area contributed by atoms with Gasteiger partial charge in [0.2, 0.25) is 0 Å². The maximum absolute atomic E-state index is 5.76. The van der Waals surface area contributed by atoms with Crippen molar-refractivity contribution in [3.63, 3.8) is 0 Å². The molecule has 3 nitrogen and oxygen atoms in total. The van der Waals surface area contributed by atoms with Crippen LogP contribution in [-0.2, 0) is 4.74 Å². The number of hydrogen-bond acceptors (Lipinski definition) is 3. The van der Waals surface area contributed by atoms with Crippen LogP contribution in [0.25, 0.3) is 0 Å². The molecule has 1 aliphatic rings. The van der Waals surface area contributed by atoms with E-state index in [0.717, 1.165) is 18.9 Å². The van der Waals surface area contributed by atoms with Gasteiger partial charge in [-0.05, 0) is 24.6 Å². The van der Waals surface area contributed by atoms with E-state index in [-0.39, 0.29) is 6.10 Å². The van der Waals surface area contributed by atoms with Crippen LogP contribution in [0.2, 0.25) is 0 Å². The van der Waals surface area contributed by atoms with Crippen LogP contribution in [0.5, 0.6) is 5.75 Å². The Balaban J connectivity index is 2.08. The molecule has 82 valence electrons. The molecule has 0 amide bonds. The van der Waals surface area contributed by atoms with Crippen LogP contribution < -0.4 is 10.1 Å². The second-order valence-electron chi connectivity index (χ2n) is 3.91. The van der Waals surface area contributed by atoms with Gasteiger partial charge in [0, 0.05) is 12.6 Å². The Morgan fingerprint density at radius 2 is 2.33 bits per heavy atom. The summed E-state index contributed by atoms with van der Waals surface area (Å²) in [5, 5.41) is 3.40. The molecule has 0 bridgehead atoms. The van der Waals surface area contributed by atoms with E-state index in [2.05, 4.69) is 18.3 Å². The maximum atomic E-state index is 5.76. The quantitative estimate of drug-likeness (QED) is 0.801. The van der Waals surface area contributed by atoms with Crippen molar-refractivity contribution in [1.29, 1.82) is 0 Å². The first-order valence-corrected chi connectivity index (χ1v) is 5.28. The molecule has 0 radical (unpaired) electrons. The maximum Gasteiger partial charge on any atom is 0.119 e. The van der Waals surface area contributed by atoms with Gasteiger partial charge in [0.05, 0.1) is 19.8 Å². The number of ether oxygens (including phenoxy) is 2. The smallest absolute Gasteiger partial charge is 0.119 e. The lowest BCUT2D eigenvalue weighted by Crippen LogP contribution is -2.40. The minimum atomic E-state index is 0.149. The van der Waals surface area contributed by atoms with Gasteiger partial charge in [0.1, 0.15) is 5.75 Å². The Bertz CT molecular complexity index is 319. The minimum absolute atomic E-state index is 0.149. The molecule has 1 aromatic carbocycles. The molecule has 1 heterocycles. The van der Waals surface area contributed by atoms with Crippen molar-refractivity contribution in [2.24, 2.45) is 0 Å². The summed E-state index contributed by atoms with van der Waals surface area (Å²) in [4.78, 5) is 0. The van der Waals surface area contributed by atoms with Gasteiger partial charge >= 0.3 is 0 Å². The van der Waals surface area contributed by atoms with E-state index >= 15 is 0 Å². The molecule has 0 aliphatic carbocycles. The predicted molar refractivity (Wildman–Crippen MR) is 59.2 cm³/mol. The van der Waals surface area contributed by atoms with E-state index in [1.165, 1.54) is 5.56 Å². The van der Waals surface area contributed by atoms with Crippen molar-refractivity contribution >= 4 is 0 Å². The Labute approximate surface area is 90.4 Å². The molecule has 0 saturated carbocycles. The average molecular weight is 207 g/mol. The predicted octanol–water partition coefficient (Wildman–Crippen LogP) is 1.74. The molecular formula is C12H17NO2. The SMILES string of the molecule is COc1cccc([C@H]2CN[C@H](C)CO2)c1. The van der Waals surface area contributed by atoms with Gasteiger partial charge in [0.25, 0.3) is 0 Å². The average Bonchev–Trinajstić information content (AvgIpc) is 2.30. The second kappa shape index (κ2) is 4.64. The summed E-state index contributed by atoms with van der Waals surface area (Å²) >= 11 is 0. The zero-order valence-corrected chi connectivity index (χ0v) is 9.19. The van der Waals surface area contributed by atoms with Crippen LogP contribution in [0.4, 0.5) is 0 Å². The third-order valence-corrected chi connectivity index (χ3v) is 2.66. The first kappa shape index (κ1) is 10.5. The number of benzene rings is 1. The second-order valence-corrected chi connectivity index (χ2v) is 3.91. The molecule has 1 aliphatic heterocycles. The van der Waals surface area contributed by atoms with Gasteiger partial charge in [-0.1, -0.05) is 12.1 Å². The monoisotopic (exact) mass is 207 g/mol. The summed E-state index contributed by atoms with van der Waals surface area (Å²) in [6.45, 7) is 3.76. The Morgan fingerprint density at radius 3 is 3.00 bits per heavy atom. The van der Waals surface area contributed by atoms with Crippen molar-refractivity contribution in [3.8, 4) is 5.75 Å². The first-order chi connectivity index (χ1) is 7.29. The number of rotatable bonds is 2. The lowest BCUT2D eigenvalue weighted by atomic mass is 10.1. The molecule has 2 rings (SSSR count). The number of morpholine rings is 1. The summed E-state index contributed by atoms with van der Waals surface area (Å²) in [5.74, 6) is 0.884. The van der Waals surface area contributed by atoms with Crippen molar-refractivity contribution in [2.75, 3.05) is 20.3 Å². The van der Waals surface area contributed by atoms with Crippen molar-refractivity contribution < 1.29 is 9.47 Å². The van der Waals surface area contributed by atoms with Gasteiger partial charge in [-0.15, -0.1) is 0 Å². The fourth-order valence-electron chi connectivity index (χ4n) is 1.74. The van der Waals surface area contributed by atoms with Gasteiger partial charge in [-0.2, -0.15) is 0 Å². The zero-order chi connectivity index (χ0) is 10.7. The normalized spacial score (nSPS) is 26.3. The minimum Gasteiger partial charge on any atom is -0.497 e. The first-order valence-electron chi connectivity index (χ1n) is 5.28. The summed E-state index contributed by atoms with van der Waals surface area (Å²) in [6, 6.07) is 8.50. The third-order valence-electron chi connectivity index (χ3n) is 2.66.